The Kier molecular flexibility index (Phi) is 6.28. The van der Waals surface area contributed by atoms with Crippen molar-refractivity contribution in [3.63, 3.8) is 0 Å². The number of thioether (sulfide) groups is 1. The second-order valence-corrected chi connectivity index (χ2v) is 5.52. The Morgan fingerprint density at radius 2 is 1.04 bits per heavy atom. The number of carbonyl (C=O) groups excluding carboxylic acids is 1. The molecule has 0 atom stereocenters. The first-order chi connectivity index (χ1) is 11.1. The van der Waals surface area contributed by atoms with E-state index in [1.54, 1.807) is 0 Å². The Balaban J connectivity index is 6.28. The van der Waals surface area contributed by atoms with Crippen LogP contribution in [0.15, 0.2) is 24.1 Å². The molecule has 0 fully saturated rings. The number of alkyl halides is 13. The van der Waals surface area contributed by atoms with Gasteiger partial charge >= 0.3 is 35.8 Å². The maximum atomic E-state index is 13.4. The molecule has 0 aliphatic carbocycles. The fraction of sp³-hybridized carbons (Fsp3) is 0.545. The van der Waals surface area contributed by atoms with Gasteiger partial charge in [0, 0.05) is 0 Å². The summed E-state index contributed by atoms with van der Waals surface area (Å²) in [5.41, 5.74) is 0. The Hall–Kier alpha value is -1.41. The highest BCUT2D eigenvalue weighted by Crippen LogP contribution is 2.61. The van der Waals surface area contributed by atoms with E-state index in [0.717, 1.165) is 0 Å². The minimum atomic E-state index is -7.99. The van der Waals surface area contributed by atoms with Crippen LogP contribution in [-0.4, -0.2) is 40.9 Å². The van der Waals surface area contributed by atoms with Crippen LogP contribution in [0.5, 0.6) is 0 Å². The summed E-state index contributed by atoms with van der Waals surface area (Å²) in [6.45, 7) is 4.73. The van der Waals surface area contributed by atoms with Gasteiger partial charge in [-0.2, -0.15) is 57.1 Å². The van der Waals surface area contributed by atoms with E-state index < -0.39 is 57.6 Å². The second kappa shape index (κ2) is 6.64. The Morgan fingerprint density at radius 1 is 0.692 bits per heavy atom. The highest BCUT2D eigenvalue weighted by Gasteiger charge is 2.91. The molecule has 0 amide bonds. The largest absolute Gasteiger partial charge is 0.460 e. The van der Waals surface area contributed by atoms with Crippen LogP contribution in [0.3, 0.4) is 0 Å². The second-order valence-electron chi connectivity index (χ2n) is 4.42. The quantitative estimate of drug-likeness (QED) is 0.380. The van der Waals surface area contributed by atoms with Crippen LogP contribution in [0.2, 0.25) is 0 Å². The molecule has 0 unspecified atom stereocenters. The molecule has 0 aromatic heterocycles. The first-order valence-electron chi connectivity index (χ1n) is 5.62. The molecule has 0 saturated heterocycles. The van der Waals surface area contributed by atoms with Crippen molar-refractivity contribution in [2.24, 2.45) is 0 Å². The van der Waals surface area contributed by atoms with Gasteiger partial charge < -0.3 is 0 Å². The van der Waals surface area contributed by atoms with Crippen LogP contribution < -0.4 is 0 Å². The van der Waals surface area contributed by atoms with Crippen molar-refractivity contribution < 1.29 is 61.9 Å². The van der Waals surface area contributed by atoms with E-state index >= 15 is 0 Å². The predicted octanol–water partition coefficient (Wildman–Crippen LogP) is 5.68. The van der Waals surface area contributed by atoms with Gasteiger partial charge in [-0.1, -0.05) is 13.2 Å². The molecule has 26 heavy (non-hydrogen) atoms. The SMILES string of the molecule is C=CC(=O)SC(=C)C(F)(F)C(F)(F)C(F)(F)C(F)(F)C(F)(F)C(F)(F)F. The maximum Gasteiger partial charge on any atom is 0.460 e. The highest BCUT2D eigenvalue weighted by atomic mass is 32.2. The van der Waals surface area contributed by atoms with Gasteiger partial charge in [-0.05, 0) is 17.8 Å². The number of allylic oxidation sites excluding steroid dienone is 1. The van der Waals surface area contributed by atoms with Gasteiger partial charge in [-0.25, -0.2) is 0 Å². The average molecular weight is 432 g/mol. The molecule has 1 nitrogen and oxygen atoms in total. The fourth-order valence-corrected chi connectivity index (χ4v) is 1.75. The summed E-state index contributed by atoms with van der Waals surface area (Å²) in [6, 6.07) is 0. The lowest BCUT2D eigenvalue weighted by Crippen LogP contribution is -2.70. The van der Waals surface area contributed by atoms with E-state index in [-0.39, 0.29) is 6.08 Å². The average Bonchev–Trinajstić information content (AvgIpc) is 2.44. The maximum absolute atomic E-state index is 13.4. The van der Waals surface area contributed by atoms with Crippen molar-refractivity contribution in [1.29, 1.82) is 0 Å². The molecule has 0 bridgehead atoms. The number of carbonyl (C=O) groups is 1. The molecule has 0 aromatic carbocycles. The van der Waals surface area contributed by atoms with Crippen LogP contribution in [-0.2, 0) is 4.79 Å². The van der Waals surface area contributed by atoms with Gasteiger partial charge in [0.25, 0.3) is 0 Å². The Labute approximate surface area is 139 Å². The van der Waals surface area contributed by atoms with Gasteiger partial charge in [0.2, 0.25) is 5.12 Å². The smallest absolute Gasteiger partial charge is 0.282 e. The zero-order valence-electron chi connectivity index (χ0n) is 11.7. The van der Waals surface area contributed by atoms with Crippen molar-refractivity contribution in [1.82, 2.24) is 0 Å². The summed E-state index contributed by atoms with van der Waals surface area (Å²) < 4.78 is 166. The molecule has 0 aliphatic rings. The summed E-state index contributed by atoms with van der Waals surface area (Å²) in [5, 5.41) is -1.61. The van der Waals surface area contributed by atoms with Crippen molar-refractivity contribution in [3.8, 4) is 0 Å². The van der Waals surface area contributed by atoms with Crippen molar-refractivity contribution >= 4 is 16.9 Å². The highest BCUT2D eigenvalue weighted by molar-refractivity contribution is 8.17. The summed E-state index contributed by atoms with van der Waals surface area (Å²) in [7, 11) is 0. The molecule has 0 spiro atoms. The van der Waals surface area contributed by atoms with Crippen molar-refractivity contribution in [2.75, 3.05) is 0 Å². The van der Waals surface area contributed by atoms with Crippen LogP contribution >= 0.6 is 11.8 Å². The zero-order valence-corrected chi connectivity index (χ0v) is 12.5. The number of halogens is 13. The van der Waals surface area contributed by atoms with Crippen molar-refractivity contribution in [2.45, 2.75) is 35.8 Å². The topological polar surface area (TPSA) is 17.1 Å². The Morgan fingerprint density at radius 3 is 1.35 bits per heavy atom. The molecule has 0 aliphatic heterocycles. The standard InChI is InChI=1S/C11H5F13OS/c1-3-5(25)26-4(2)6(12,13)7(14,15)8(16,17)9(18,19)10(20,21)11(22,23)24/h3H,1-2H2. The van der Waals surface area contributed by atoms with Gasteiger partial charge in [0.05, 0.1) is 4.91 Å². The number of hydrogen-bond donors (Lipinski definition) is 0. The summed E-state index contributed by atoms with van der Waals surface area (Å²) in [6.07, 6.45) is -7.29. The van der Waals surface area contributed by atoms with E-state index in [4.69, 9.17) is 0 Å². The monoisotopic (exact) mass is 432 g/mol. The molecular weight excluding hydrogens is 427 g/mol. The molecule has 15 heteroatoms. The van der Waals surface area contributed by atoms with Crippen LogP contribution in [0, 0.1) is 0 Å². The lowest BCUT2D eigenvalue weighted by molar-refractivity contribution is -0.436. The molecular formula is C11H5F13OS. The first kappa shape index (κ1) is 24.6. The molecule has 0 saturated carbocycles. The van der Waals surface area contributed by atoms with Crippen LogP contribution in [0.4, 0.5) is 57.1 Å². The molecule has 152 valence electrons. The summed E-state index contributed by atoms with van der Waals surface area (Å²) in [5.74, 6) is -37.7. The molecule has 0 radical (unpaired) electrons. The summed E-state index contributed by atoms with van der Waals surface area (Å²) >= 11 is -0.996. The van der Waals surface area contributed by atoms with E-state index in [1.165, 1.54) is 0 Å². The van der Waals surface area contributed by atoms with Gasteiger partial charge in [0.15, 0.2) is 0 Å². The van der Waals surface area contributed by atoms with E-state index in [0.29, 0.717) is 0 Å². The van der Waals surface area contributed by atoms with E-state index in [1.807, 2.05) is 0 Å². The number of rotatable bonds is 7. The third-order valence-electron chi connectivity index (χ3n) is 2.67. The van der Waals surface area contributed by atoms with Crippen molar-refractivity contribution in [3.05, 3.63) is 24.1 Å². The normalized spacial score (nSPS) is 15.0. The molecule has 0 heterocycles. The lowest BCUT2D eigenvalue weighted by Gasteiger charge is -2.39. The Bertz CT molecular complexity index is 589. The van der Waals surface area contributed by atoms with Crippen LogP contribution in [0.25, 0.3) is 0 Å². The summed E-state index contributed by atoms with van der Waals surface area (Å²) in [4.78, 5) is 8.22. The first-order valence-corrected chi connectivity index (χ1v) is 6.44. The van der Waals surface area contributed by atoms with Gasteiger partial charge in [0.1, 0.15) is 0 Å². The van der Waals surface area contributed by atoms with Gasteiger partial charge in [-0.3, -0.25) is 4.79 Å². The molecule has 0 rings (SSSR count). The molecule has 0 N–H and O–H groups in total. The number of hydrogen-bond acceptors (Lipinski definition) is 2. The fourth-order valence-electron chi connectivity index (χ4n) is 1.17. The minimum Gasteiger partial charge on any atom is -0.282 e. The van der Waals surface area contributed by atoms with E-state index in [9.17, 15) is 61.9 Å². The third kappa shape index (κ3) is 3.41. The predicted molar refractivity (Wildman–Crippen MR) is 62.7 cm³/mol. The minimum absolute atomic E-state index is 0.189. The third-order valence-corrected chi connectivity index (χ3v) is 3.54. The van der Waals surface area contributed by atoms with Gasteiger partial charge in [-0.15, -0.1) is 0 Å². The van der Waals surface area contributed by atoms with E-state index in [2.05, 4.69) is 13.2 Å². The lowest BCUT2D eigenvalue weighted by atomic mass is 9.94. The molecule has 0 aromatic rings. The van der Waals surface area contributed by atoms with Crippen LogP contribution in [0.1, 0.15) is 0 Å². The zero-order chi connectivity index (χ0) is 21.6.